The maximum Gasteiger partial charge on any atom is 0.270 e. The molecule has 0 spiro atoms. The van der Waals surface area contributed by atoms with Crippen molar-refractivity contribution in [2.24, 2.45) is 5.92 Å². The summed E-state index contributed by atoms with van der Waals surface area (Å²) in [5.41, 5.74) is 1.81. The highest BCUT2D eigenvalue weighted by molar-refractivity contribution is 5.96. The van der Waals surface area contributed by atoms with Gasteiger partial charge in [-0.3, -0.25) is 9.59 Å². The van der Waals surface area contributed by atoms with Crippen molar-refractivity contribution in [1.82, 2.24) is 20.6 Å². The second-order valence-corrected chi connectivity index (χ2v) is 6.32. The predicted octanol–water partition coefficient (Wildman–Crippen LogP) is 2.20. The van der Waals surface area contributed by atoms with E-state index in [9.17, 15) is 9.59 Å². The lowest BCUT2D eigenvalue weighted by atomic mass is 10.1. The molecule has 0 bridgehead atoms. The fourth-order valence-corrected chi connectivity index (χ4v) is 2.56. The zero-order chi connectivity index (χ0) is 18.4. The summed E-state index contributed by atoms with van der Waals surface area (Å²) in [6.07, 6.45) is 0.765. The Morgan fingerprint density at radius 3 is 2.40 bits per heavy atom. The van der Waals surface area contributed by atoms with Crippen molar-refractivity contribution in [2.75, 3.05) is 7.05 Å². The molecule has 0 saturated carbocycles. The van der Waals surface area contributed by atoms with E-state index in [-0.39, 0.29) is 11.6 Å². The second kappa shape index (κ2) is 8.37. The normalized spacial score (nSPS) is 11.9. The Balaban J connectivity index is 2.26. The van der Waals surface area contributed by atoms with Crippen LogP contribution in [0, 0.1) is 12.8 Å². The molecule has 0 aliphatic heterocycles. The Kier molecular flexibility index (Phi) is 6.22. The molecule has 1 unspecified atom stereocenters. The quantitative estimate of drug-likeness (QED) is 0.844. The third-order valence-electron chi connectivity index (χ3n) is 3.66. The lowest BCUT2D eigenvalue weighted by Crippen LogP contribution is -2.39. The van der Waals surface area contributed by atoms with Crippen LogP contribution < -0.4 is 10.6 Å². The molecule has 0 saturated heterocycles. The molecule has 0 radical (unpaired) electrons. The highest BCUT2D eigenvalue weighted by Gasteiger charge is 2.23. The van der Waals surface area contributed by atoms with Crippen molar-refractivity contribution in [3.05, 3.63) is 59.2 Å². The third kappa shape index (κ3) is 5.11. The van der Waals surface area contributed by atoms with Gasteiger partial charge in [-0.1, -0.05) is 44.2 Å². The van der Waals surface area contributed by atoms with Crippen LogP contribution >= 0.6 is 0 Å². The molecule has 6 heteroatoms. The van der Waals surface area contributed by atoms with Gasteiger partial charge < -0.3 is 10.6 Å². The molecule has 2 rings (SSSR count). The van der Waals surface area contributed by atoms with Crippen LogP contribution in [0.3, 0.4) is 0 Å². The van der Waals surface area contributed by atoms with Gasteiger partial charge in [0, 0.05) is 12.7 Å². The highest BCUT2D eigenvalue weighted by Crippen LogP contribution is 2.14. The molecule has 25 heavy (non-hydrogen) atoms. The Bertz CT molecular complexity index is 744. The summed E-state index contributed by atoms with van der Waals surface area (Å²) in [6.45, 7) is 5.94. The number of nitrogens with one attached hydrogen (secondary N) is 2. The van der Waals surface area contributed by atoms with Crippen LogP contribution in [0.5, 0.6) is 0 Å². The van der Waals surface area contributed by atoms with Gasteiger partial charge in [-0.05, 0) is 30.9 Å². The Hall–Kier alpha value is -2.76. The molecular weight excluding hydrogens is 316 g/mol. The summed E-state index contributed by atoms with van der Waals surface area (Å²) in [5, 5.41) is 5.35. The van der Waals surface area contributed by atoms with Gasteiger partial charge >= 0.3 is 0 Å². The fraction of sp³-hybridized carbons (Fsp3) is 0.368. The molecular formula is C19H24N4O2. The van der Waals surface area contributed by atoms with Crippen molar-refractivity contribution in [3.63, 3.8) is 0 Å². The van der Waals surface area contributed by atoms with Crippen LogP contribution in [-0.2, 0) is 11.2 Å². The van der Waals surface area contributed by atoms with E-state index in [0.717, 1.165) is 12.1 Å². The van der Waals surface area contributed by atoms with E-state index in [1.807, 2.05) is 18.2 Å². The summed E-state index contributed by atoms with van der Waals surface area (Å²) in [7, 11) is 1.54. The molecule has 1 aromatic carbocycles. The summed E-state index contributed by atoms with van der Waals surface area (Å²) in [6, 6.07) is 10.0. The average Bonchev–Trinajstić information content (AvgIpc) is 2.58. The zero-order valence-electron chi connectivity index (χ0n) is 15.0. The first kappa shape index (κ1) is 18.6. The molecule has 2 amide bonds. The van der Waals surface area contributed by atoms with Crippen molar-refractivity contribution in [2.45, 2.75) is 33.2 Å². The van der Waals surface area contributed by atoms with Crippen molar-refractivity contribution in [1.29, 1.82) is 0 Å². The van der Waals surface area contributed by atoms with Gasteiger partial charge in [0.05, 0.1) is 0 Å². The molecule has 1 atom stereocenters. The molecule has 132 valence electrons. The van der Waals surface area contributed by atoms with E-state index < -0.39 is 11.9 Å². The number of hydrogen-bond acceptors (Lipinski definition) is 4. The Morgan fingerprint density at radius 2 is 1.80 bits per heavy atom. The zero-order valence-corrected chi connectivity index (χ0v) is 15.0. The van der Waals surface area contributed by atoms with E-state index in [4.69, 9.17) is 0 Å². The summed E-state index contributed by atoms with van der Waals surface area (Å²) in [4.78, 5) is 33.5. The topological polar surface area (TPSA) is 84.0 Å². The molecule has 6 nitrogen and oxygen atoms in total. The van der Waals surface area contributed by atoms with Gasteiger partial charge in [0.1, 0.15) is 17.6 Å². The van der Waals surface area contributed by atoms with E-state index >= 15 is 0 Å². The number of carbonyl (C=O) groups excluding carboxylic acids is 2. The van der Waals surface area contributed by atoms with Crippen LogP contribution in [0.25, 0.3) is 0 Å². The molecule has 2 N–H and O–H groups in total. The van der Waals surface area contributed by atoms with Crippen LogP contribution in [0.2, 0.25) is 0 Å². The lowest BCUT2D eigenvalue weighted by Gasteiger charge is -2.18. The number of carbonyl (C=O) groups is 2. The minimum absolute atomic E-state index is 0.271. The van der Waals surface area contributed by atoms with Gasteiger partial charge in [0.25, 0.3) is 5.91 Å². The predicted molar refractivity (Wildman–Crippen MR) is 96.0 cm³/mol. The first-order chi connectivity index (χ1) is 11.9. The molecule has 1 aromatic heterocycles. The molecule has 2 aromatic rings. The van der Waals surface area contributed by atoms with Crippen molar-refractivity contribution >= 4 is 11.8 Å². The number of aryl methyl sites for hydroxylation is 1. The first-order valence-electron chi connectivity index (χ1n) is 8.32. The number of nitrogens with zero attached hydrogens (tertiary/aromatic N) is 2. The van der Waals surface area contributed by atoms with Crippen LogP contribution in [0.4, 0.5) is 0 Å². The van der Waals surface area contributed by atoms with Crippen LogP contribution in [0.15, 0.2) is 36.4 Å². The van der Waals surface area contributed by atoms with Gasteiger partial charge in [-0.15, -0.1) is 0 Å². The number of hydrogen-bond donors (Lipinski definition) is 2. The number of likely N-dealkylation sites (N-methyl/N-ethyl adjacent to an activating group) is 1. The molecule has 0 aliphatic carbocycles. The second-order valence-electron chi connectivity index (χ2n) is 6.32. The maximum atomic E-state index is 12.7. The minimum Gasteiger partial charge on any atom is -0.357 e. The standard InChI is InChI=1S/C19H24N4O2/c1-12(2)10-15-11-16(22-13(3)21-15)18(24)23-17(19(25)20-4)14-8-6-5-7-9-14/h5-9,11-12,17H,10H2,1-4H3,(H,20,25)(H,23,24). The Labute approximate surface area is 148 Å². The van der Waals surface area contributed by atoms with E-state index in [2.05, 4.69) is 34.4 Å². The van der Waals surface area contributed by atoms with Crippen LogP contribution in [0.1, 0.15) is 47.5 Å². The van der Waals surface area contributed by atoms with E-state index in [0.29, 0.717) is 17.3 Å². The first-order valence-corrected chi connectivity index (χ1v) is 8.32. The summed E-state index contributed by atoms with van der Waals surface area (Å²) in [5.74, 6) is 0.286. The third-order valence-corrected chi connectivity index (χ3v) is 3.66. The maximum absolute atomic E-state index is 12.7. The lowest BCUT2D eigenvalue weighted by molar-refractivity contribution is -0.122. The number of benzene rings is 1. The largest absolute Gasteiger partial charge is 0.357 e. The van der Waals surface area contributed by atoms with Gasteiger partial charge in [-0.2, -0.15) is 0 Å². The molecule has 0 fully saturated rings. The number of rotatable bonds is 6. The smallest absolute Gasteiger partial charge is 0.270 e. The average molecular weight is 340 g/mol. The SMILES string of the molecule is CNC(=O)C(NC(=O)c1cc(CC(C)C)nc(C)n1)c1ccccc1. The highest BCUT2D eigenvalue weighted by atomic mass is 16.2. The van der Waals surface area contributed by atoms with Gasteiger partial charge in [0.15, 0.2) is 0 Å². The monoisotopic (exact) mass is 340 g/mol. The number of amides is 2. The summed E-state index contributed by atoms with van der Waals surface area (Å²) >= 11 is 0. The van der Waals surface area contributed by atoms with Crippen molar-refractivity contribution in [3.8, 4) is 0 Å². The van der Waals surface area contributed by atoms with Crippen LogP contribution in [-0.4, -0.2) is 28.8 Å². The van der Waals surface area contributed by atoms with Gasteiger partial charge in [0.2, 0.25) is 5.91 Å². The van der Waals surface area contributed by atoms with E-state index in [1.165, 1.54) is 0 Å². The molecule has 0 aliphatic rings. The number of aromatic nitrogens is 2. The van der Waals surface area contributed by atoms with Gasteiger partial charge in [-0.25, -0.2) is 9.97 Å². The molecule has 1 heterocycles. The fourth-order valence-electron chi connectivity index (χ4n) is 2.56. The van der Waals surface area contributed by atoms with E-state index in [1.54, 1.807) is 32.2 Å². The minimum atomic E-state index is -0.775. The Morgan fingerprint density at radius 1 is 1.12 bits per heavy atom. The van der Waals surface area contributed by atoms with Crippen molar-refractivity contribution < 1.29 is 9.59 Å². The summed E-state index contributed by atoms with van der Waals surface area (Å²) < 4.78 is 0.